The van der Waals surface area contributed by atoms with Crippen LogP contribution >= 0.6 is 0 Å². The fourth-order valence-corrected chi connectivity index (χ4v) is 1.87. The first kappa shape index (κ1) is 10.3. The summed E-state index contributed by atoms with van der Waals surface area (Å²) in [4.78, 5) is 0. The molecule has 0 aromatic rings. The van der Waals surface area contributed by atoms with Crippen molar-refractivity contribution < 1.29 is 0 Å². The minimum Gasteiger partial charge on any atom is -0.0912 e. The molecule has 0 aromatic heterocycles. The van der Waals surface area contributed by atoms with Crippen molar-refractivity contribution in [2.75, 3.05) is 0 Å². The van der Waals surface area contributed by atoms with Gasteiger partial charge in [0.2, 0.25) is 0 Å². The molecule has 0 N–H and O–H groups in total. The van der Waals surface area contributed by atoms with E-state index < -0.39 is 0 Å². The molecule has 1 rings (SSSR count). The van der Waals surface area contributed by atoms with Crippen LogP contribution in [0.4, 0.5) is 0 Å². The van der Waals surface area contributed by atoms with Gasteiger partial charge >= 0.3 is 0 Å². The second-order valence-corrected chi connectivity index (χ2v) is 3.64. The van der Waals surface area contributed by atoms with E-state index in [0.717, 1.165) is 12.8 Å². The van der Waals surface area contributed by atoms with E-state index >= 15 is 0 Å². The average molecular weight is 176 g/mol. The lowest BCUT2D eigenvalue weighted by molar-refractivity contribution is 0.742. The molecule has 0 heterocycles. The standard InChI is InChI=1S/C13H20/c1-5-11-8-12(6-2)10(4)13(7-3)9-11/h8-9,11H,4-7H2,1-3H3. The zero-order valence-corrected chi connectivity index (χ0v) is 9.06. The lowest BCUT2D eigenvalue weighted by Crippen LogP contribution is -2.04. The van der Waals surface area contributed by atoms with Crippen LogP contribution in [0, 0.1) is 5.92 Å². The van der Waals surface area contributed by atoms with Crippen molar-refractivity contribution in [3.63, 3.8) is 0 Å². The molecule has 0 aromatic carbocycles. The van der Waals surface area contributed by atoms with E-state index in [1.54, 1.807) is 0 Å². The molecule has 72 valence electrons. The van der Waals surface area contributed by atoms with Crippen LogP contribution in [0.3, 0.4) is 0 Å². The van der Waals surface area contributed by atoms with Crippen LogP contribution in [-0.4, -0.2) is 0 Å². The highest BCUT2D eigenvalue weighted by atomic mass is 14.2. The topological polar surface area (TPSA) is 0 Å². The molecule has 0 unspecified atom stereocenters. The molecule has 13 heavy (non-hydrogen) atoms. The fraction of sp³-hybridized carbons (Fsp3) is 0.538. The van der Waals surface area contributed by atoms with Gasteiger partial charge in [0.1, 0.15) is 0 Å². The van der Waals surface area contributed by atoms with E-state index in [0.29, 0.717) is 5.92 Å². The molecule has 0 heteroatoms. The maximum Gasteiger partial charge on any atom is -0.00441 e. The molecule has 0 nitrogen and oxygen atoms in total. The van der Waals surface area contributed by atoms with Gasteiger partial charge in [-0.25, -0.2) is 0 Å². The summed E-state index contributed by atoms with van der Waals surface area (Å²) >= 11 is 0. The normalized spacial score (nSPS) is 18.5. The summed E-state index contributed by atoms with van der Waals surface area (Å²) in [5, 5.41) is 0. The van der Waals surface area contributed by atoms with E-state index in [1.807, 2.05) is 0 Å². The van der Waals surface area contributed by atoms with Crippen LogP contribution in [0.15, 0.2) is 35.5 Å². The second-order valence-electron chi connectivity index (χ2n) is 3.64. The van der Waals surface area contributed by atoms with Gasteiger partial charge in [-0.1, -0.05) is 39.5 Å². The Labute approximate surface area is 82.0 Å². The van der Waals surface area contributed by atoms with Gasteiger partial charge < -0.3 is 0 Å². The molecule has 0 aliphatic heterocycles. The van der Waals surface area contributed by atoms with Crippen LogP contribution in [0.2, 0.25) is 0 Å². The Hall–Kier alpha value is -0.780. The molecule has 0 atom stereocenters. The van der Waals surface area contributed by atoms with E-state index in [-0.39, 0.29) is 0 Å². The predicted octanol–water partition coefficient (Wildman–Crippen LogP) is 4.26. The highest BCUT2D eigenvalue weighted by Gasteiger charge is 2.14. The van der Waals surface area contributed by atoms with Gasteiger partial charge in [-0.2, -0.15) is 0 Å². The molecule has 1 aliphatic carbocycles. The van der Waals surface area contributed by atoms with Crippen LogP contribution in [0.5, 0.6) is 0 Å². The minimum absolute atomic E-state index is 0.649. The van der Waals surface area contributed by atoms with E-state index in [4.69, 9.17) is 0 Å². The van der Waals surface area contributed by atoms with Gasteiger partial charge in [0.25, 0.3) is 0 Å². The predicted molar refractivity (Wildman–Crippen MR) is 59.7 cm³/mol. The number of allylic oxidation sites excluding steroid dienone is 5. The lowest BCUT2D eigenvalue weighted by Gasteiger charge is -2.21. The third-order valence-corrected chi connectivity index (χ3v) is 2.84. The first-order valence-corrected chi connectivity index (χ1v) is 5.33. The molecule has 0 saturated carbocycles. The molecule has 0 amide bonds. The quantitative estimate of drug-likeness (QED) is 0.603. The van der Waals surface area contributed by atoms with Gasteiger partial charge in [-0.05, 0) is 41.9 Å². The molecular weight excluding hydrogens is 156 g/mol. The number of hydrogen-bond acceptors (Lipinski definition) is 0. The fourth-order valence-electron chi connectivity index (χ4n) is 1.87. The van der Waals surface area contributed by atoms with Crippen LogP contribution in [0.1, 0.15) is 40.0 Å². The van der Waals surface area contributed by atoms with Crippen LogP contribution in [-0.2, 0) is 0 Å². The van der Waals surface area contributed by atoms with Gasteiger partial charge in [0.05, 0.1) is 0 Å². The number of rotatable bonds is 3. The Morgan fingerprint density at radius 3 is 1.85 bits per heavy atom. The van der Waals surface area contributed by atoms with Crippen molar-refractivity contribution in [1.82, 2.24) is 0 Å². The minimum atomic E-state index is 0.649. The summed E-state index contributed by atoms with van der Waals surface area (Å²) in [5.74, 6) is 0.649. The Balaban J connectivity index is 2.90. The Bertz CT molecular complexity index is 229. The summed E-state index contributed by atoms with van der Waals surface area (Å²) in [5.41, 5.74) is 4.17. The van der Waals surface area contributed by atoms with Gasteiger partial charge in [-0.15, -0.1) is 0 Å². The van der Waals surface area contributed by atoms with Crippen molar-refractivity contribution in [1.29, 1.82) is 0 Å². The molecule has 0 bridgehead atoms. The van der Waals surface area contributed by atoms with Gasteiger partial charge in [-0.3, -0.25) is 0 Å². The number of hydrogen-bond donors (Lipinski definition) is 0. The lowest BCUT2D eigenvalue weighted by atomic mass is 9.84. The smallest absolute Gasteiger partial charge is 0.00441 e. The van der Waals surface area contributed by atoms with Crippen molar-refractivity contribution in [3.8, 4) is 0 Å². The summed E-state index contributed by atoms with van der Waals surface area (Å²) in [6.45, 7) is 10.8. The molecule has 0 saturated heterocycles. The van der Waals surface area contributed by atoms with Crippen molar-refractivity contribution in [3.05, 3.63) is 35.5 Å². The molecule has 0 fully saturated rings. The monoisotopic (exact) mass is 176 g/mol. The SMILES string of the molecule is C=C1C(CC)=CC(CC)C=C1CC. The Kier molecular flexibility index (Phi) is 3.53. The first-order chi connectivity index (χ1) is 6.22. The van der Waals surface area contributed by atoms with Crippen molar-refractivity contribution in [2.24, 2.45) is 5.92 Å². The first-order valence-electron chi connectivity index (χ1n) is 5.33. The van der Waals surface area contributed by atoms with Crippen molar-refractivity contribution in [2.45, 2.75) is 40.0 Å². The molecular formula is C13H20. The zero-order valence-electron chi connectivity index (χ0n) is 9.06. The van der Waals surface area contributed by atoms with Crippen molar-refractivity contribution >= 4 is 0 Å². The summed E-state index contributed by atoms with van der Waals surface area (Å²) in [6.07, 6.45) is 8.20. The highest BCUT2D eigenvalue weighted by molar-refractivity contribution is 5.48. The summed E-state index contributed by atoms with van der Waals surface area (Å²) in [7, 11) is 0. The van der Waals surface area contributed by atoms with E-state index in [9.17, 15) is 0 Å². The van der Waals surface area contributed by atoms with E-state index in [1.165, 1.54) is 23.1 Å². The summed E-state index contributed by atoms with van der Waals surface area (Å²) in [6, 6.07) is 0. The maximum absolute atomic E-state index is 4.15. The third-order valence-electron chi connectivity index (χ3n) is 2.84. The maximum atomic E-state index is 4.15. The van der Waals surface area contributed by atoms with Gasteiger partial charge in [0, 0.05) is 0 Å². The molecule has 1 aliphatic rings. The van der Waals surface area contributed by atoms with E-state index in [2.05, 4.69) is 39.5 Å². The zero-order chi connectivity index (χ0) is 9.84. The largest absolute Gasteiger partial charge is 0.0912 e. The molecule has 0 radical (unpaired) electrons. The van der Waals surface area contributed by atoms with Gasteiger partial charge in [0.15, 0.2) is 0 Å². The highest BCUT2D eigenvalue weighted by Crippen LogP contribution is 2.31. The summed E-state index contributed by atoms with van der Waals surface area (Å²) < 4.78 is 0. The Morgan fingerprint density at radius 2 is 1.54 bits per heavy atom. The second kappa shape index (κ2) is 4.45. The third kappa shape index (κ3) is 2.12. The Morgan fingerprint density at radius 1 is 1.08 bits per heavy atom. The average Bonchev–Trinajstić information content (AvgIpc) is 2.18. The van der Waals surface area contributed by atoms with Crippen LogP contribution < -0.4 is 0 Å². The van der Waals surface area contributed by atoms with Crippen LogP contribution in [0.25, 0.3) is 0 Å². The molecule has 0 spiro atoms.